The molecule has 1 aromatic carbocycles. The molecule has 0 atom stereocenters. The number of hydrogen-bond donors (Lipinski definition) is 0. The van der Waals surface area contributed by atoms with Crippen LogP contribution >= 0.6 is 23.2 Å². The van der Waals surface area contributed by atoms with E-state index in [9.17, 15) is 14.9 Å². The van der Waals surface area contributed by atoms with E-state index < -0.39 is 10.8 Å². The SMILES string of the molecule is C=CCN(CCC)C(=O)c1cc([N+](=O)[O-])cc(Cl)c1Cl. The van der Waals surface area contributed by atoms with Crippen molar-refractivity contribution < 1.29 is 9.72 Å². The van der Waals surface area contributed by atoms with Crippen molar-refractivity contribution in [1.29, 1.82) is 0 Å². The Morgan fingerprint density at radius 1 is 1.50 bits per heavy atom. The summed E-state index contributed by atoms with van der Waals surface area (Å²) in [6, 6.07) is 2.26. The molecule has 7 heteroatoms. The molecule has 0 aliphatic carbocycles. The molecule has 0 unspecified atom stereocenters. The van der Waals surface area contributed by atoms with E-state index in [2.05, 4.69) is 6.58 Å². The van der Waals surface area contributed by atoms with Crippen molar-refractivity contribution in [2.24, 2.45) is 0 Å². The molecule has 0 aromatic heterocycles. The zero-order chi connectivity index (χ0) is 15.3. The second-order valence-corrected chi connectivity index (χ2v) is 4.87. The summed E-state index contributed by atoms with van der Waals surface area (Å²) in [5.41, 5.74) is -0.237. The molecule has 0 bridgehead atoms. The van der Waals surface area contributed by atoms with Gasteiger partial charge in [0.1, 0.15) is 0 Å². The van der Waals surface area contributed by atoms with Gasteiger partial charge in [-0.15, -0.1) is 6.58 Å². The molecule has 1 rings (SSSR count). The maximum atomic E-state index is 12.4. The Hall–Kier alpha value is -1.59. The number of amides is 1. The number of hydrogen-bond acceptors (Lipinski definition) is 3. The highest BCUT2D eigenvalue weighted by molar-refractivity contribution is 6.44. The maximum absolute atomic E-state index is 12.4. The Bertz CT molecular complexity index is 547. The van der Waals surface area contributed by atoms with Gasteiger partial charge in [-0.05, 0) is 6.42 Å². The van der Waals surface area contributed by atoms with Crippen LogP contribution in [0.25, 0.3) is 0 Å². The maximum Gasteiger partial charge on any atom is 0.271 e. The van der Waals surface area contributed by atoms with Crippen LogP contribution in [0, 0.1) is 10.1 Å². The lowest BCUT2D eigenvalue weighted by Crippen LogP contribution is -2.32. The first-order valence-electron chi connectivity index (χ1n) is 5.96. The van der Waals surface area contributed by atoms with Crippen LogP contribution < -0.4 is 0 Å². The topological polar surface area (TPSA) is 63.5 Å². The molecular weight excluding hydrogens is 303 g/mol. The largest absolute Gasteiger partial charge is 0.335 e. The number of halogens is 2. The van der Waals surface area contributed by atoms with Gasteiger partial charge in [0.05, 0.1) is 20.5 Å². The third-order valence-electron chi connectivity index (χ3n) is 2.58. The van der Waals surface area contributed by atoms with Gasteiger partial charge in [0, 0.05) is 25.2 Å². The van der Waals surface area contributed by atoms with Crippen molar-refractivity contribution in [2.75, 3.05) is 13.1 Å². The summed E-state index contributed by atoms with van der Waals surface area (Å²) in [4.78, 5) is 24.1. The number of carbonyl (C=O) groups excluding carboxylic acids is 1. The van der Waals surface area contributed by atoms with Gasteiger partial charge >= 0.3 is 0 Å². The summed E-state index contributed by atoms with van der Waals surface area (Å²) in [7, 11) is 0. The van der Waals surface area contributed by atoms with Gasteiger partial charge in [-0.2, -0.15) is 0 Å². The van der Waals surface area contributed by atoms with E-state index >= 15 is 0 Å². The van der Waals surface area contributed by atoms with Crippen molar-refractivity contribution in [3.63, 3.8) is 0 Å². The average Bonchev–Trinajstić information content (AvgIpc) is 2.40. The van der Waals surface area contributed by atoms with Crippen molar-refractivity contribution in [3.8, 4) is 0 Å². The Morgan fingerprint density at radius 2 is 2.15 bits per heavy atom. The number of non-ortho nitro benzene ring substituents is 1. The lowest BCUT2D eigenvalue weighted by atomic mass is 10.1. The smallest absolute Gasteiger partial charge is 0.271 e. The lowest BCUT2D eigenvalue weighted by molar-refractivity contribution is -0.384. The fraction of sp³-hybridized carbons (Fsp3) is 0.308. The Kier molecular flexibility index (Phi) is 5.98. The highest BCUT2D eigenvalue weighted by Gasteiger charge is 2.22. The number of benzene rings is 1. The van der Waals surface area contributed by atoms with E-state index in [1.165, 1.54) is 4.90 Å². The fourth-order valence-electron chi connectivity index (χ4n) is 1.71. The van der Waals surface area contributed by atoms with Gasteiger partial charge in [-0.25, -0.2) is 0 Å². The minimum Gasteiger partial charge on any atom is -0.335 e. The normalized spacial score (nSPS) is 10.2. The van der Waals surface area contributed by atoms with Crippen LogP contribution in [0.2, 0.25) is 10.0 Å². The van der Waals surface area contributed by atoms with Crippen LogP contribution in [-0.4, -0.2) is 28.8 Å². The first-order valence-corrected chi connectivity index (χ1v) is 6.71. The number of nitro groups is 1. The first kappa shape index (κ1) is 16.5. The number of carbonyl (C=O) groups is 1. The van der Waals surface area contributed by atoms with Crippen LogP contribution in [0.4, 0.5) is 5.69 Å². The molecule has 108 valence electrons. The molecule has 0 saturated heterocycles. The van der Waals surface area contributed by atoms with Crippen LogP contribution in [-0.2, 0) is 0 Å². The molecule has 0 fully saturated rings. The van der Waals surface area contributed by atoms with Crippen molar-refractivity contribution in [3.05, 3.63) is 50.5 Å². The van der Waals surface area contributed by atoms with Crippen LogP contribution in [0.15, 0.2) is 24.8 Å². The molecule has 1 amide bonds. The summed E-state index contributed by atoms with van der Waals surface area (Å²) < 4.78 is 0. The monoisotopic (exact) mass is 316 g/mol. The minimum absolute atomic E-state index is 0.0146. The Labute approximate surface area is 126 Å². The second kappa shape index (κ2) is 7.26. The molecule has 0 heterocycles. The quantitative estimate of drug-likeness (QED) is 0.453. The average molecular weight is 317 g/mol. The summed E-state index contributed by atoms with van der Waals surface area (Å²) in [6.45, 7) is 6.34. The van der Waals surface area contributed by atoms with E-state index in [-0.39, 0.29) is 21.3 Å². The third kappa shape index (κ3) is 3.71. The van der Waals surface area contributed by atoms with E-state index in [0.717, 1.165) is 18.6 Å². The van der Waals surface area contributed by atoms with Gasteiger partial charge in [0.15, 0.2) is 0 Å². The zero-order valence-corrected chi connectivity index (χ0v) is 12.4. The van der Waals surface area contributed by atoms with Crippen LogP contribution in [0.3, 0.4) is 0 Å². The van der Waals surface area contributed by atoms with Crippen molar-refractivity contribution in [2.45, 2.75) is 13.3 Å². The number of rotatable bonds is 6. The van der Waals surface area contributed by atoms with E-state index in [1.807, 2.05) is 6.92 Å². The standard InChI is InChI=1S/C13H14Cl2N2O3/c1-3-5-16(6-4-2)13(18)10-7-9(17(19)20)8-11(14)12(10)15/h3,7-8H,1,4-6H2,2H3. The molecule has 0 saturated carbocycles. The summed E-state index contributed by atoms with van der Waals surface area (Å²) in [6.07, 6.45) is 2.33. The zero-order valence-electron chi connectivity index (χ0n) is 10.9. The first-order chi connectivity index (χ1) is 9.42. The van der Waals surface area contributed by atoms with Crippen molar-refractivity contribution in [1.82, 2.24) is 4.90 Å². The van der Waals surface area contributed by atoms with Gasteiger partial charge in [0.2, 0.25) is 0 Å². The van der Waals surface area contributed by atoms with Crippen LogP contribution in [0.1, 0.15) is 23.7 Å². The van der Waals surface area contributed by atoms with Gasteiger partial charge in [-0.3, -0.25) is 14.9 Å². The predicted molar refractivity (Wildman–Crippen MR) is 79.5 cm³/mol. The minimum atomic E-state index is -0.614. The van der Waals surface area contributed by atoms with Crippen molar-refractivity contribution >= 4 is 34.8 Å². The van der Waals surface area contributed by atoms with Gasteiger partial charge < -0.3 is 4.90 Å². The van der Waals surface area contributed by atoms with E-state index in [4.69, 9.17) is 23.2 Å². The highest BCUT2D eigenvalue weighted by atomic mass is 35.5. The molecule has 0 aliphatic heterocycles. The molecular formula is C13H14Cl2N2O3. The number of nitrogens with zero attached hydrogens (tertiary/aromatic N) is 2. The Morgan fingerprint density at radius 3 is 2.65 bits per heavy atom. The third-order valence-corrected chi connectivity index (χ3v) is 3.39. The predicted octanol–water partition coefficient (Wildman–Crippen LogP) is 3.94. The molecule has 0 spiro atoms. The van der Waals surface area contributed by atoms with E-state index in [0.29, 0.717) is 13.1 Å². The van der Waals surface area contributed by atoms with E-state index in [1.54, 1.807) is 6.08 Å². The molecule has 0 aliphatic rings. The van der Waals surface area contributed by atoms with Crippen LogP contribution in [0.5, 0.6) is 0 Å². The number of nitro benzene ring substituents is 1. The lowest BCUT2D eigenvalue weighted by Gasteiger charge is -2.21. The molecule has 0 N–H and O–H groups in total. The molecule has 0 radical (unpaired) electrons. The van der Waals surface area contributed by atoms with Gasteiger partial charge in [-0.1, -0.05) is 36.2 Å². The molecule has 20 heavy (non-hydrogen) atoms. The van der Waals surface area contributed by atoms with Gasteiger partial charge in [0.25, 0.3) is 11.6 Å². The Balaban J connectivity index is 3.25. The fourth-order valence-corrected chi connectivity index (χ4v) is 2.11. The molecule has 1 aromatic rings. The molecule has 5 nitrogen and oxygen atoms in total. The summed E-state index contributed by atoms with van der Waals surface area (Å²) in [5.74, 6) is -0.401. The highest BCUT2D eigenvalue weighted by Crippen LogP contribution is 2.31. The summed E-state index contributed by atoms with van der Waals surface area (Å²) >= 11 is 11.8. The second-order valence-electron chi connectivity index (χ2n) is 4.09. The summed E-state index contributed by atoms with van der Waals surface area (Å²) in [5, 5.41) is 10.8.